The molecule has 0 radical (unpaired) electrons. The number of amides is 1. The molecule has 0 unspecified atom stereocenters. The molecule has 0 spiro atoms. The number of anilines is 1. The second-order valence-electron chi connectivity index (χ2n) is 5.10. The fourth-order valence-electron chi connectivity index (χ4n) is 1.90. The number of carbonyl (C=O) groups is 1. The summed E-state index contributed by atoms with van der Waals surface area (Å²) in [5.74, 6) is -0.709. The van der Waals surface area contributed by atoms with Crippen molar-refractivity contribution < 1.29 is 9.18 Å². The number of rotatable bonds is 4. The number of nitrogens with one attached hydrogen (secondary N) is 2. The Labute approximate surface area is 115 Å². The highest BCUT2D eigenvalue weighted by Crippen LogP contribution is 2.24. The van der Waals surface area contributed by atoms with Crippen LogP contribution in [0.2, 0.25) is 0 Å². The minimum Gasteiger partial charge on any atom is -0.380 e. The van der Waals surface area contributed by atoms with Crippen LogP contribution in [0.1, 0.15) is 29.9 Å². The average Bonchev–Trinajstić information content (AvgIpc) is 2.83. The SMILES string of the molecule is CC(C)(CNC(=O)c1n[nH]nc1N)c1ccccc1F. The molecule has 0 aliphatic heterocycles. The van der Waals surface area contributed by atoms with Crippen LogP contribution in [0, 0.1) is 5.82 Å². The van der Waals surface area contributed by atoms with Crippen molar-refractivity contribution in [3.8, 4) is 0 Å². The molecular weight excluding hydrogens is 261 g/mol. The van der Waals surface area contributed by atoms with Crippen LogP contribution in [0.25, 0.3) is 0 Å². The van der Waals surface area contributed by atoms with E-state index in [-0.39, 0.29) is 23.9 Å². The van der Waals surface area contributed by atoms with Crippen LogP contribution >= 0.6 is 0 Å². The van der Waals surface area contributed by atoms with Gasteiger partial charge in [-0.3, -0.25) is 4.79 Å². The van der Waals surface area contributed by atoms with E-state index in [1.165, 1.54) is 6.07 Å². The fraction of sp³-hybridized carbons (Fsp3) is 0.308. The number of aromatic nitrogens is 3. The molecule has 1 aromatic carbocycles. The number of carbonyl (C=O) groups excluding carboxylic acids is 1. The van der Waals surface area contributed by atoms with Crippen LogP contribution in [0.3, 0.4) is 0 Å². The van der Waals surface area contributed by atoms with Crippen molar-refractivity contribution in [1.29, 1.82) is 0 Å². The molecule has 0 aliphatic carbocycles. The molecule has 0 bridgehead atoms. The number of halogens is 1. The number of benzene rings is 1. The number of nitrogens with zero attached hydrogens (tertiary/aromatic N) is 2. The van der Waals surface area contributed by atoms with Gasteiger partial charge < -0.3 is 11.1 Å². The lowest BCUT2D eigenvalue weighted by molar-refractivity contribution is 0.0941. The van der Waals surface area contributed by atoms with E-state index in [1.807, 2.05) is 13.8 Å². The zero-order valence-electron chi connectivity index (χ0n) is 11.3. The van der Waals surface area contributed by atoms with E-state index < -0.39 is 11.3 Å². The van der Waals surface area contributed by atoms with Gasteiger partial charge in [-0.25, -0.2) is 4.39 Å². The summed E-state index contributed by atoms with van der Waals surface area (Å²) in [6.07, 6.45) is 0. The van der Waals surface area contributed by atoms with E-state index in [9.17, 15) is 9.18 Å². The van der Waals surface area contributed by atoms with Crippen LogP contribution in [0.4, 0.5) is 10.2 Å². The van der Waals surface area contributed by atoms with Gasteiger partial charge in [-0.15, -0.1) is 10.2 Å². The molecule has 1 heterocycles. The molecule has 1 amide bonds. The molecule has 0 saturated heterocycles. The fourth-order valence-corrected chi connectivity index (χ4v) is 1.90. The number of hydrogen-bond acceptors (Lipinski definition) is 4. The standard InChI is InChI=1S/C13H16FN5O/c1-13(2,8-5-3-4-6-9(8)14)7-16-12(20)10-11(15)18-19-17-10/h3-6H,7H2,1-2H3,(H,16,20)(H3,15,17,18,19). The molecule has 0 saturated carbocycles. The smallest absolute Gasteiger partial charge is 0.275 e. The van der Waals surface area contributed by atoms with Gasteiger partial charge in [-0.1, -0.05) is 32.0 Å². The monoisotopic (exact) mass is 277 g/mol. The Morgan fingerprint density at radius 1 is 1.40 bits per heavy atom. The lowest BCUT2D eigenvalue weighted by Crippen LogP contribution is -2.37. The van der Waals surface area contributed by atoms with Gasteiger partial charge >= 0.3 is 0 Å². The molecule has 7 heteroatoms. The Bertz CT molecular complexity index is 623. The topological polar surface area (TPSA) is 96.7 Å². The summed E-state index contributed by atoms with van der Waals surface area (Å²) in [6.45, 7) is 3.94. The molecule has 0 fully saturated rings. The van der Waals surface area contributed by atoms with Crippen molar-refractivity contribution in [2.24, 2.45) is 0 Å². The van der Waals surface area contributed by atoms with E-state index in [2.05, 4.69) is 20.7 Å². The van der Waals surface area contributed by atoms with E-state index in [0.717, 1.165) is 0 Å². The van der Waals surface area contributed by atoms with Crippen LogP contribution in [-0.4, -0.2) is 27.9 Å². The van der Waals surface area contributed by atoms with Gasteiger partial charge in [0.15, 0.2) is 11.5 Å². The predicted molar refractivity (Wildman–Crippen MR) is 72.6 cm³/mol. The predicted octanol–water partition coefficient (Wildman–Crippen LogP) is 1.23. The van der Waals surface area contributed by atoms with Gasteiger partial charge in [0.1, 0.15) is 5.82 Å². The third-order valence-electron chi connectivity index (χ3n) is 3.08. The molecule has 2 rings (SSSR count). The number of nitrogens with two attached hydrogens (primary N) is 1. The van der Waals surface area contributed by atoms with Crippen molar-refractivity contribution in [3.05, 3.63) is 41.3 Å². The lowest BCUT2D eigenvalue weighted by atomic mass is 9.84. The molecule has 1 aromatic heterocycles. The molecule has 6 nitrogen and oxygen atoms in total. The van der Waals surface area contributed by atoms with Crippen LogP contribution in [0.15, 0.2) is 24.3 Å². The second kappa shape index (κ2) is 5.28. The Balaban J connectivity index is 2.08. The first-order valence-corrected chi connectivity index (χ1v) is 6.11. The summed E-state index contributed by atoms with van der Waals surface area (Å²) in [5.41, 5.74) is 5.51. The maximum Gasteiger partial charge on any atom is 0.275 e. The Morgan fingerprint density at radius 2 is 2.10 bits per heavy atom. The van der Waals surface area contributed by atoms with Crippen molar-refractivity contribution in [3.63, 3.8) is 0 Å². The van der Waals surface area contributed by atoms with Crippen molar-refractivity contribution in [1.82, 2.24) is 20.7 Å². The Kier molecular flexibility index (Phi) is 3.69. The van der Waals surface area contributed by atoms with E-state index in [1.54, 1.807) is 18.2 Å². The highest BCUT2D eigenvalue weighted by atomic mass is 19.1. The van der Waals surface area contributed by atoms with Crippen LogP contribution < -0.4 is 11.1 Å². The summed E-state index contributed by atoms with van der Waals surface area (Å²) in [5, 5.41) is 12.2. The van der Waals surface area contributed by atoms with Gasteiger partial charge in [0.2, 0.25) is 0 Å². The molecule has 0 atom stereocenters. The molecular formula is C13H16FN5O. The third-order valence-corrected chi connectivity index (χ3v) is 3.08. The zero-order chi connectivity index (χ0) is 14.8. The highest BCUT2D eigenvalue weighted by Gasteiger charge is 2.25. The number of nitrogen functional groups attached to an aromatic ring is 1. The van der Waals surface area contributed by atoms with Crippen molar-refractivity contribution in [2.45, 2.75) is 19.3 Å². The first-order chi connectivity index (χ1) is 9.42. The van der Waals surface area contributed by atoms with Gasteiger partial charge in [-0.2, -0.15) is 5.21 Å². The maximum absolute atomic E-state index is 13.8. The van der Waals surface area contributed by atoms with Crippen molar-refractivity contribution in [2.75, 3.05) is 12.3 Å². The largest absolute Gasteiger partial charge is 0.380 e. The van der Waals surface area contributed by atoms with Gasteiger partial charge in [0.25, 0.3) is 5.91 Å². The first-order valence-electron chi connectivity index (χ1n) is 6.11. The quantitative estimate of drug-likeness (QED) is 0.783. The van der Waals surface area contributed by atoms with Crippen LogP contribution in [0.5, 0.6) is 0 Å². The summed E-state index contributed by atoms with van der Waals surface area (Å²) in [7, 11) is 0. The summed E-state index contributed by atoms with van der Waals surface area (Å²) >= 11 is 0. The minimum absolute atomic E-state index is 0.0335. The molecule has 4 N–H and O–H groups in total. The Morgan fingerprint density at radius 3 is 2.70 bits per heavy atom. The van der Waals surface area contributed by atoms with E-state index in [4.69, 9.17) is 5.73 Å². The average molecular weight is 277 g/mol. The minimum atomic E-state index is -0.556. The second-order valence-corrected chi connectivity index (χ2v) is 5.10. The Hall–Kier alpha value is -2.44. The van der Waals surface area contributed by atoms with Crippen molar-refractivity contribution >= 4 is 11.7 Å². The summed E-state index contributed by atoms with van der Waals surface area (Å²) in [4.78, 5) is 11.9. The van der Waals surface area contributed by atoms with E-state index in [0.29, 0.717) is 5.56 Å². The van der Waals surface area contributed by atoms with E-state index >= 15 is 0 Å². The summed E-state index contributed by atoms with van der Waals surface area (Å²) < 4.78 is 13.8. The highest BCUT2D eigenvalue weighted by molar-refractivity contribution is 5.96. The third kappa shape index (κ3) is 2.76. The number of H-pyrrole nitrogens is 1. The molecule has 0 aliphatic rings. The molecule has 20 heavy (non-hydrogen) atoms. The zero-order valence-corrected chi connectivity index (χ0v) is 11.3. The number of aromatic amines is 1. The molecule has 106 valence electrons. The normalized spacial score (nSPS) is 11.3. The molecule has 2 aromatic rings. The lowest BCUT2D eigenvalue weighted by Gasteiger charge is -2.25. The first kappa shape index (κ1) is 14.0. The van der Waals surface area contributed by atoms with Gasteiger partial charge in [0.05, 0.1) is 0 Å². The number of hydrogen-bond donors (Lipinski definition) is 3. The van der Waals surface area contributed by atoms with Gasteiger partial charge in [0, 0.05) is 12.0 Å². The maximum atomic E-state index is 13.8. The van der Waals surface area contributed by atoms with Crippen LogP contribution in [-0.2, 0) is 5.41 Å². The summed E-state index contributed by atoms with van der Waals surface area (Å²) in [6, 6.07) is 6.49. The van der Waals surface area contributed by atoms with Gasteiger partial charge in [-0.05, 0) is 11.6 Å².